The fourth-order valence-electron chi connectivity index (χ4n) is 1.07. The van der Waals surface area contributed by atoms with Gasteiger partial charge in [-0.15, -0.1) is 0 Å². The van der Waals surface area contributed by atoms with Gasteiger partial charge in [0.05, 0.1) is 5.75 Å². The summed E-state index contributed by atoms with van der Waals surface area (Å²) in [7, 11) is -1.38. The molecule has 14 heavy (non-hydrogen) atoms. The Balaban J connectivity index is 4.41. The second-order valence-electron chi connectivity index (χ2n) is 3.30. The van der Waals surface area contributed by atoms with Gasteiger partial charge in [-0.05, 0) is 14.0 Å². The Labute approximate surface area is 87.0 Å². The summed E-state index contributed by atoms with van der Waals surface area (Å²) in [6, 6.07) is 0. The van der Waals surface area contributed by atoms with Crippen LogP contribution in [0.1, 0.15) is 13.8 Å². The lowest BCUT2D eigenvalue weighted by atomic mass is 10.3. The minimum Gasteiger partial charge on any atom is -0.319 e. The molecular weight excluding hydrogens is 200 g/mol. The van der Waals surface area contributed by atoms with Gasteiger partial charge in [-0.2, -0.15) is 4.31 Å². The van der Waals surface area contributed by atoms with Crippen LogP contribution in [0.15, 0.2) is 12.2 Å². The average molecular weight is 220 g/mol. The highest BCUT2D eigenvalue weighted by atomic mass is 32.2. The van der Waals surface area contributed by atoms with Crippen LogP contribution in [0.3, 0.4) is 0 Å². The Hall–Kier alpha value is -0.390. The van der Waals surface area contributed by atoms with Crippen LogP contribution in [0.5, 0.6) is 0 Å². The van der Waals surface area contributed by atoms with Gasteiger partial charge in [0, 0.05) is 19.6 Å². The Morgan fingerprint density at radius 3 is 2.43 bits per heavy atom. The summed E-state index contributed by atoms with van der Waals surface area (Å²) in [4.78, 5) is 0. The van der Waals surface area contributed by atoms with E-state index in [1.165, 1.54) is 4.31 Å². The van der Waals surface area contributed by atoms with Crippen LogP contribution in [0.4, 0.5) is 0 Å². The quantitative estimate of drug-likeness (QED) is 0.633. The lowest BCUT2D eigenvalue weighted by Crippen LogP contribution is -2.36. The van der Waals surface area contributed by atoms with Gasteiger partial charge < -0.3 is 5.32 Å². The van der Waals surface area contributed by atoms with E-state index in [9.17, 15) is 8.42 Å². The maximum atomic E-state index is 11.7. The largest absolute Gasteiger partial charge is 0.319 e. The number of nitrogens with zero attached hydrogens (tertiary/aromatic N) is 1. The average Bonchev–Trinajstić information content (AvgIpc) is 2.10. The van der Waals surface area contributed by atoms with Crippen molar-refractivity contribution in [2.24, 2.45) is 0 Å². The third-order valence-electron chi connectivity index (χ3n) is 1.80. The first-order valence-corrected chi connectivity index (χ1v) is 6.31. The van der Waals surface area contributed by atoms with Crippen molar-refractivity contribution in [2.45, 2.75) is 13.8 Å². The van der Waals surface area contributed by atoms with Crippen LogP contribution >= 0.6 is 0 Å². The van der Waals surface area contributed by atoms with Gasteiger partial charge in [0.2, 0.25) is 10.0 Å². The molecule has 0 rings (SSSR count). The third-order valence-corrected chi connectivity index (χ3v) is 3.70. The molecule has 0 aliphatic rings. The summed E-state index contributed by atoms with van der Waals surface area (Å²) >= 11 is 0. The fraction of sp³-hybridized carbons (Fsp3) is 0.778. The summed E-state index contributed by atoms with van der Waals surface area (Å²) in [5, 5.41) is 2.83. The number of likely N-dealkylation sites (N-methyl/N-ethyl adjacent to an activating group) is 1. The highest BCUT2D eigenvalue weighted by molar-refractivity contribution is 7.89. The van der Waals surface area contributed by atoms with E-state index in [1.54, 1.807) is 7.05 Å². The molecule has 0 bridgehead atoms. The molecule has 5 heteroatoms. The first-order chi connectivity index (χ1) is 6.44. The first-order valence-electron chi connectivity index (χ1n) is 4.70. The molecule has 1 N–H and O–H groups in total. The highest BCUT2D eigenvalue weighted by Gasteiger charge is 2.19. The normalized spacial score (nSPS) is 12.0. The molecule has 0 aromatic heterocycles. The predicted molar refractivity (Wildman–Crippen MR) is 59.8 cm³/mol. The van der Waals surface area contributed by atoms with Crippen molar-refractivity contribution in [1.82, 2.24) is 9.62 Å². The van der Waals surface area contributed by atoms with E-state index < -0.39 is 10.0 Å². The van der Waals surface area contributed by atoms with Crippen molar-refractivity contribution < 1.29 is 8.42 Å². The Morgan fingerprint density at radius 2 is 2.07 bits per heavy atom. The van der Waals surface area contributed by atoms with Crippen LogP contribution in [0.25, 0.3) is 0 Å². The van der Waals surface area contributed by atoms with Crippen molar-refractivity contribution >= 4 is 10.0 Å². The van der Waals surface area contributed by atoms with Crippen LogP contribution in [0.2, 0.25) is 0 Å². The molecule has 0 heterocycles. The fourth-order valence-corrected chi connectivity index (χ4v) is 2.60. The second-order valence-corrected chi connectivity index (χ2v) is 5.39. The predicted octanol–water partition coefficient (Wildman–Crippen LogP) is 0.434. The number of sulfonamides is 1. The zero-order valence-electron chi connectivity index (χ0n) is 9.21. The summed E-state index contributed by atoms with van der Waals surface area (Å²) in [5.74, 6) is 0.143. The smallest absolute Gasteiger partial charge is 0.215 e. The van der Waals surface area contributed by atoms with Gasteiger partial charge in [-0.25, -0.2) is 8.42 Å². The first kappa shape index (κ1) is 13.6. The zero-order valence-corrected chi connectivity index (χ0v) is 10.0. The maximum Gasteiger partial charge on any atom is 0.215 e. The van der Waals surface area contributed by atoms with Crippen LogP contribution in [0, 0.1) is 0 Å². The summed E-state index contributed by atoms with van der Waals surface area (Å²) in [5.41, 5.74) is 0.861. The molecule has 0 unspecified atom stereocenters. The Morgan fingerprint density at radius 1 is 1.50 bits per heavy atom. The van der Waals surface area contributed by atoms with E-state index >= 15 is 0 Å². The number of hydrogen-bond donors (Lipinski definition) is 1. The van der Waals surface area contributed by atoms with Gasteiger partial charge >= 0.3 is 0 Å². The van der Waals surface area contributed by atoms with Crippen molar-refractivity contribution in [3.8, 4) is 0 Å². The van der Waals surface area contributed by atoms with Crippen molar-refractivity contribution in [3.63, 3.8) is 0 Å². The standard InChI is InChI=1S/C9H20N2O2S/c1-5-11(8-9(2)3)14(12,13)7-6-10-4/h10H,2,5-8H2,1,3-4H3. The van der Waals surface area contributed by atoms with E-state index in [2.05, 4.69) is 11.9 Å². The molecule has 0 aliphatic carbocycles. The number of nitrogens with one attached hydrogen (secondary N) is 1. The van der Waals surface area contributed by atoms with E-state index in [0.717, 1.165) is 5.57 Å². The second kappa shape index (κ2) is 6.16. The molecule has 0 spiro atoms. The molecule has 0 saturated carbocycles. The monoisotopic (exact) mass is 220 g/mol. The lowest BCUT2D eigenvalue weighted by molar-refractivity contribution is 0.452. The van der Waals surface area contributed by atoms with Gasteiger partial charge in [-0.1, -0.05) is 19.1 Å². The SMILES string of the molecule is C=C(C)CN(CC)S(=O)(=O)CCNC. The molecule has 0 aromatic carbocycles. The molecule has 0 atom stereocenters. The van der Waals surface area contributed by atoms with Gasteiger partial charge in [0.1, 0.15) is 0 Å². The van der Waals surface area contributed by atoms with Gasteiger partial charge in [0.25, 0.3) is 0 Å². The van der Waals surface area contributed by atoms with Crippen molar-refractivity contribution in [3.05, 3.63) is 12.2 Å². The molecule has 0 aromatic rings. The minimum absolute atomic E-state index is 0.143. The molecule has 0 aliphatic heterocycles. The molecule has 4 nitrogen and oxygen atoms in total. The highest BCUT2D eigenvalue weighted by Crippen LogP contribution is 2.04. The van der Waals surface area contributed by atoms with E-state index in [-0.39, 0.29) is 5.75 Å². The molecule has 84 valence electrons. The topological polar surface area (TPSA) is 49.4 Å². The minimum atomic E-state index is -3.12. The number of hydrogen-bond acceptors (Lipinski definition) is 3. The van der Waals surface area contributed by atoms with E-state index in [1.807, 2.05) is 13.8 Å². The van der Waals surface area contributed by atoms with E-state index in [0.29, 0.717) is 19.6 Å². The van der Waals surface area contributed by atoms with Crippen molar-refractivity contribution in [1.29, 1.82) is 0 Å². The van der Waals surface area contributed by atoms with Crippen LogP contribution in [-0.2, 0) is 10.0 Å². The Bertz CT molecular complexity index is 273. The Kier molecular flexibility index (Phi) is 5.99. The molecule has 0 saturated heterocycles. The molecule has 0 fully saturated rings. The lowest BCUT2D eigenvalue weighted by Gasteiger charge is -2.20. The van der Waals surface area contributed by atoms with Gasteiger partial charge in [0.15, 0.2) is 0 Å². The van der Waals surface area contributed by atoms with Gasteiger partial charge in [-0.3, -0.25) is 0 Å². The van der Waals surface area contributed by atoms with Crippen LogP contribution < -0.4 is 5.32 Å². The van der Waals surface area contributed by atoms with E-state index in [4.69, 9.17) is 0 Å². The van der Waals surface area contributed by atoms with Crippen molar-refractivity contribution in [2.75, 3.05) is 32.4 Å². The number of rotatable bonds is 7. The van der Waals surface area contributed by atoms with Crippen LogP contribution in [-0.4, -0.2) is 45.2 Å². The molecule has 0 amide bonds. The summed E-state index contributed by atoms with van der Waals surface area (Å²) < 4.78 is 24.9. The molecular formula is C9H20N2O2S. The third kappa shape index (κ3) is 4.74. The maximum absolute atomic E-state index is 11.7. The summed E-state index contributed by atoms with van der Waals surface area (Å²) in [6.07, 6.45) is 0. The molecule has 0 radical (unpaired) electrons. The zero-order chi connectivity index (χ0) is 11.2. The summed E-state index contributed by atoms with van der Waals surface area (Å²) in [6.45, 7) is 8.78.